The number of alkyl halides is 2. The first-order chi connectivity index (χ1) is 15.7. The van der Waals surface area contributed by atoms with Crippen LogP contribution < -0.4 is 5.32 Å². The fourth-order valence-corrected chi connectivity index (χ4v) is 4.57. The number of hydrogen-bond acceptors (Lipinski definition) is 5. The van der Waals surface area contributed by atoms with E-state index in [4.69, 9.17) is 0 Å². The maximum atomic E-state index is 13.5. The van der Waals surface area contributed by atoms with E-state index in [0.717, 1.165) is 21.6 Å². The van der Waals surface area contributed by atoms with Crippen molar-refractivity contribution in [3.8, 4) is 5.82 Å². The first-order valence-electron chi connectivity index (χ1n) is 10.6. The number of carbonyl (C=O) groups is 3. The van der Waals surface area contributed by atoms with Crippen LogP contribution in [0.5, 0.6) is 0 Å². The highest BCUT2D eigenvalue weighted by Crippen LogP contribution is 2.41. The number of carbonyl (C=O) groups excluding carboxylic acids is 3. The lowest BCUT2D eigenvalue weighted by Crippen LogP contribution is -2.51. The van der Waals surface area contributed by atoms with Gasteiger partial charge in [-0.05, 0) is 50.1 Å². The van der Waals surface area contributed by atoms with E-state index in [0.29, 0.717) is 5.82 Å². The minimum atomic E-state index is -2.84. The highest BCUT2D eigenvalue weighted by molar-refractivity contribution is 6.11. The minimum absolute atomic E-state index is 0.149. The zero-order valence-corrected chi connectivity index (χ0v) is 17.8. The molecule has 1 N–H and O–H groups in total. The summed E-state index contributed by atoms with van der Waals surface area (Å²) in [5.74, 6) is -3.36. The van der Waals surface area contributed by atoms with Crippen LogP contribution in [-0.2, 0) is 4.79 Å². The Hall–Kier alpha value is -3.69. The fraction of sp³-hybridized carbons (Fsp3) is 0.348. The fourth-order valence-electron chi connectivity index (χ4n) is 4.57. The third-order valence-electron chi connectivity index (χ3n) is 6.43. The number of halogens is 2. The van der Waals surface area contributed by atoms with Crippen molar-refractivity contribution in [1.29, 1.82) is 0 Å². The molecule has 5 rings (SSSR count). The van der Waals surface area contributed by atoms with Gasteiger partial charge in [-0.2, -0.15) is 0 Å². The van der Waals surface area contributed by atoms with Crippen molar-refractivity contribution < 1.29 is 23.2 Å². The van der Waals surface area contributed by atoms with Crippen molar-refractivity contribution in [2.24, 2.45) is 0 Å². The summed E-state index contributed by atoms with van der Waals surface area (Å²) in [6.07, 6.45) is 1.83. The Morgan fingerprint density at radius 3 is 2.58 bits per heavy atom. The number of nitrogens with one attached hydrogen (secondary N) is 1. The lowest BCUT2D eigenvalue weighted by Gasteiger charge is -2.34. The van der Waals surface area contributed by atoms with Crippen molar-refractivity contribution in [1.82, 2.24) is 24.8 Å². The normalized spacial score (nSPS) is 19.3. The number of fused-ring (bicyclic) bond motifs is 1. The highest BCUT2D eigenvalue weighted by Gasteiger charge is 2.55. The van der Waals surface area contributed by atoms with Crippen LogP contribution >= 0.6 is 0 Å². The molecular formula is C23H21F2N5O3. The monoisotopic (exact) mass is 453 g/mol. The summed E-state index contributed by atoms with van der Waals surface area (Å²) in [4.78, 5) is 47.6. The number of aromatic nitrogens is 3. The number of urea groups is 1. The largest absolute Gasteiger partial charge is 0.325 e. The average Bonchev–Trinajstić information content (AvgIpc) is 3.24. The highest BCUT2D eigenvalue weighted by atomic mass is 19.3. The summed E-state index contributed by atoms with van der Waals surface area (Å²) in [6.45, 7) is 1.45. The van der Waals surface area contributed by atoms with Gasteiger partial charge in [0.2, 0.25) is 5.92 Å². The number of hydrogen-bond donors (Lipinski definition) is 1. The SMILES string of the molecule is Cc1cc2cccnc2n1-c1ccc(C(=O)CN2C(=O)NC3(CCC(F)(F)CC3)C2=O)cn1. The zero-order chi connectivity index (χ0) is 23.4. The van der Waals surface area contributed by atoms with Crippen LogP contribution in [0.15, 0.2) is 42.7 Å². The Bertz CT molecular complexity index is 1270. The Morgan fingerprint density at radius 2 is 1.88 bits per heavy atom. The van der Waals surface area contributed by atoms with Crippen molar-refractivity contribution in [3.05, 3.63) is 54.0 Å². The second-order valence-corrected chi connectivity index (χ2v) is 8.63. The molecule has 0 radical (unpaired) electrons. The van der Waals surface area contributed by atoms with E-state index in [2.05, 4.69) is 15.3 Å². The second-order valence-electron chi connectivity index (χ2n) is 8.63. The van der Waals surface area contributed by atoms with Crippen LogP contribution in [0, 0.1) is 6.92 Å². The number of Topliss-reactive ketones (excluding diaryl/α,β-unsaturated/α-hetero) is 1. The molecule has 4 heterocycles. The number of amides is 3. The molecule has 33 heavy (non-hydrogen) atoms. The third kappa shape index (κ3) is 3.55. The summed E-state index contributed by atoms with van der Waals surface area (Å²) >= 11 is 0. The maximum absolute atomic E-state index is 13.5. The molecule has 1 saturated heterocycles. The van der Waals surface area contributed by atoms with Gasteiger partial charge in [-0.3, -0.25) is 19.1 Å². The van der Waals surface area contributed by atoms with E-state index in [1.807, 2.05) is 29.7 Å². The molecular weight excluding hydrogens is 432 g/mol. The predicted molar refractivity (Wildman–Crippen MR) is 114 cm³/mol. The van der Waals surface area contributed by atoms with Crippen molar-refractivity contribution in [2.75, 3.05) is 6.54 Å². The lowest BCUT2D eigenvalue weighted by molar-refractivity contribution is -0.135. The smallest absolute Gasteiger partial charge is 0.323 e. The van der Waals surface area contributed by atoms with Gasteiger partial charge in [0.15, 0.2) is 5.78 Å². The van der Waals surface area contributed by atoms with Crippen LogP contribution in [-0.4, -0.2) is 55.2 Å². The van der Waals surface area contributed by atoms with Gasteiger partial charge in [0, 0.05) is 41.9 Å². The van der Waals surface area contributed by atoms with Crippen LogP contribution in [0.3, 0.4) is 0 Å². The van der Waals surface area contributed by atoms with Gasteiger partial charge in [0.1, 0.15) is 17.0 Å². The van der Waals surface area contributed by atoms with E-state index in [1.54, 1.807) is 18.3 Å². The Balaban J connectivity index is 1.33. The summed E-state index contributed by atoms with van der Waals surface area (Å²) < 4.78 is 28.9. The minimum Gasteiger partial charge on any atom is -0.323 e. The molecule has 2 aliphatic rings. The number of aryl methyl sites for hydroxylation is 1. The average molecular weight is 453 g/mol. The summed E-state index contributed by atoms with van der Waals surface area (Å²) in [5, 5.41) is 3.50. The van der Waals surface area contributed by atoms with Crippen molar-refractivity contribution in [2.45, 2.75) is 44.1 Å². The number of pyridine rings is 2. The molecule has 0 unspecified atom stereocenters. The third-order valence-corrected chi connectivity index (χ3v) is 6.43. The Kier molecular flexibility index (Phi) is 4.77. The Labute approximate surface area is 187 Å². The molecule has 0 bridgehead atoms. The van der Waals surface area contributed by atoms with E-state index in [9.17, 15) is 23.2 Å². The van der Waals surface area contributed by atoms with Gasteiger partial charge >= 0.3 is 6.03 Å². The molecule has 3 aromatic heterocycles. The molecule has 1 saturated carbocycles. The molecule has 2 fully saturated rings. The first kappa shape index (κ1) is 21.2. The number of imide groups is 1. The lowest BCUT2D eigenvalue weighted by atomic mass is 9.80. The van der Waals surface area contributed by atoms with Crippen LogP contribution in [0.4, 0.5) is 13.6 Å². The Morgan fingerprint density at radius 1 is 1.12 bits per heavy atom. The summed E-state index contributed by atoms with van der Waals surface area (Å²) in [6, 6.07) is 8.29. The van der Waals surface area contributed by atoms with Crippen LogP contribution in [0.2, 0.25) is 0 Å². The zero-order valence-electron chi connectivity index (χ0n) is 17.8. The van der Waals surface area contributed by atoms with Crippen molar-refractivity contribution >= 4 is 28.8 Å². The number of ketones is 1. The van der Waals surface area contributed by atoms with E-state index < -0.39 is 48.6 Å². The van der Waals surface area contributed by atoms with Crippen LogP contribution in [0.25, 0.3) is 16.9 Å². The van der Waals surface area contributed by atoms with Gasteiger partial charge in [-0.15, -0.1) is 0 Å². The summed E-state index contributed by atoms with van der Waals surface area (Å²) in [5.41, 5.74) is 0.557. The van der Waals surface area contributed by atoms with Crippen molar-refractivity contribution in [3.63, 3.8) is 0 Å². The molecule has 0 aromatic carbocycles. The molecule has 1 aliphatic carbocycles. The van der Waals surface area contributed by atoms with Gasteiger partial charge in [0.05, 0.1) is 6.54 Å². The predicted octanol–water partition coefficient (Wildman–Crippen LogP) is 3.41. The van der Waals surface area contributed by atoms with Gasteiger partial charge in [-0.25, -0.2) is 23.5 Å². The maximum Gasteiger partial charge on any atom is 0.325 e. The topological polar surface area (TPSA) is 97.2 Å². The van der Waals surface area contributed by atoms with E-state index in [1.165, 1.54) is 6.20 Å². The first-order valence-corrected chi connectivity index (χ1v) is 10.6. The molecule has 1 spiro atoms. The van der Waals surface area contributed by atoms with Gasteiger partial charge < -0.3 is 5.32 Å². The molecule has 3 aromatic rings. The number of nitrogens with zero attached hydrogens (tertiary/aromatic N) is 4. The molecule has 0 atom stereocenters. The van der Waals surface area contributed by atoms with E-state index >= 15 is 0 Å². The second kappa shape index (κ2) is 7.43. The molecule has 1 aliphatic heterocycles. The standard InChI is InChI=1S/C23H21F2N5O3/c1-14-11-15-3-2-10-26-19(15)30(14)18-5-4-16(12-27-18)17(31)13-29-20(32)22(28-21(29)33)6-8-23(24,25)9-7-22/h2-5,10-12H,6-9,13H2,1H3,(H,28,33). The van der Waals surface area contributed by atoms with Gasteiger partial charge in [0.25, 0.3) is 5.91 Å². The molecule has 170 valence electrons. The van der Waals surface area contributed by atoms with E-state index in [-0.39, 0.29) is 18.4 Å². The quantitative estimate of drug-likeness (QED) is 0.482. The molecule has 3 amide bonds. The van der Waals surface area contributed by atoms with Gasteiger partial charge in [-0.1, -0.05) is 0 Å². The van der Waals surface area contributed by atoms with Crippen LogP contribution in [0.1, 0.15) is 41.7 Å². The number of rotatable bonds is 4. The molecule has 8 nitrogen and oxygen atoms in total. The molecule has 10 heteroatoms. The summed E-state index contributed by atoms with van der Waals surface area (Å²) in [7, 11) is 0.